The molecule has 2 aromatic carbocycles. The minimum atomic E-state index is -0.0603. The van der Waals surface area contributed by atoms with E-state index in [1.165, 1.54) is 0 Å². The van der Waals surface area contributed by atoms with Gasteiger partial charge in [0.2, 0.25) is 0 Å². The van der Waals surface area contributed by atoms with Crippen LogP contribution >= 0.6 is 0 Å². The lowest BCUT2D eigenvalue weighted by Gasteiger charge is -2.33. The SMILES string of the molecule is COc1cc(-n2ccc3cc(OC[C@H]4CCCO4)ccc3c2=O)ccc1N1CCCN(C2CCOCC2)CC1. The first kappa shape index (κ1) is 26.2. The summed E-state index contributed by atoms with van der Waals surface area (Å²) < 4.78 is 24.7. The summed E-state index contributed by atoms with van der Waals surface area (Å²) >= 11 is 0. The highest BCUT2D eigenvalue weighted by Crippen LogP contribution is 2.32. The van der Waals surface area contributed by atoms with Crippen LogP contribution in [0, 0.1) is 0 Å². The molecule has 0 N–H and O–H groups in total. The molecular formula is C31H39N3O5. The Kier molecular flexibility index (Phi) is 8.04. The number of aromatic nitrogens is 1. The van der Waals surface area contributed by atoms with Gasteiger partial charge in [0, 0.05) is 69.7 Å². The number of hydrogen-bond acceptors (Lipinski definition) is 7. The van der Waals surface area contributed by atoms with Gasteiger partial charge in [-0.2, -0.15) is 0 Å². The predicted octanol–water partition coefficient (Wildman–Crippen LogP) is 4.25. The third kappa shape index (κ3) is 5.78. The van der Waals surface area contributed by atoms with Crippen molar-refractivity contribution >= 4 is 16.5 Å². The zero-order valence-corrected chi connectivity index (χ0v) is 22.8. The van der Waals surface area contributed by atoms with E-state index in [-0.39, 0.29) is 11.7 Å². The van der Waals surface area contributed by atoms with Crippen LogP contribution in [0.2, 0.25) is 0 Å². The van der Waals surface area contributed by atoms with Crippen molar-refractivity contribution in [2.45, 2.75) is 44.2 Å². The molecule has 0 amide bonds. The Morgan fingerprint density at radius 2 is 1.82 bits per heavy atom. The summed E-state index contributed by atoms with van der Waals surface area (Å²) in [7, 11) is 1.70. The third-order valence-electron chi connectivity index (χ3n) is 8.36. The fraction of sp³-hybridized carbons (Fsp3) is 0.516. The number of fused-ring (bicyclic) bond motifs is 1. The second kappa shape index (κ2) is 12.0. The second-order valence-electron chi connectivity index (χ2n) is 10.8. The summed E-state index contributed by atoms with van der Waals surface area (Å²) in [6.07, 6.45) is 7.49. The minimum absolute atomic E-state index is 0.0603. The molecule has 0 bridgehead atoms. The Labute approximate surface area is 230 Å². The summed E-state index contributed by atoms with van der Waals surface area (Å²) in [4.78, 5) is 18.5. The van der Waals surface area contributed by atoms with Gasteiger partial charge in [-0.3, -0.25) is 14.3 Å². The summed E-state index contributed by atoms with van der Waals surface area (Å²) in [5, 5.41) is 1.52. The highest BCUT2D eigenvalue weighted by atomic mass is 16.5. The lowest BCUT2D eigenvalue weighted by molar-refractivity contribution is 0.0365. The van der Waals surface area contributed by atoms with Crippen LogP contribution in [0.15, 0.2) is 53.5 Å². The molecule has 3 saturated heterocycles. The van der Waals surface area contributed by atoms with Crippen LogP contribution in [0.1, 0.15) is 32.1 Å². The van der Waals surface area contributed by atoms with Gasteiger partial charge < -0.3 is 23.8 Å². The Morgan fingerprint density at radius 1 is 0.923 bits per heavy atom. The molecular weight excluding hydrogens is 494 g/mol. The van der Waals surface area contributed by atoms with Crippen molar-refractivity contribution in [3.63, 3.8) is 0 Å². The van der Waals surface area contributed by atoms with Gasteiger partial charge in [-0.25, -0.2) is 0 Å². The third-order valence-corrected chi connectivity index (χ3v) is 8.36. The van der Waals surface area contributed by atoms with E-state index < -0.39 is 0 Å². The van der Waals surface area contributed by atoms with Gasteiger partial charge in [0.25, 0.3) is 5.56 Å². The van der Waals surface area contributed by atoms with Gasteiger partial charge in [-0.15, -0.1) is 0 Å². The van der Waals surface area contributed by atoms with Crippen molar-refractivity contribution in [3.05, 3.63) is 59.0 Å². The molecule has 6 rings (SSSR count). The molecule has 1 atom stereocenters. The maximum absolute atomic E-state index is 13.5. The summed E-state index contributed by atoms with van der Waals surface area (Å²) in [5.74, 6) is 1.55. The Bertz CT molecular complexity index is 1330. The fourth-order valence-corrected chi connectivity index (χ4v) is 6.15. The van der Waals surface area contributed by atoms with E-state index in [1.54, 1.807) is 11.7 Å². The fourth-order valence-electron chi connectivity index (χ4n) is 6.15. The van der Waals surface area contributed by atoms with Crippen molar-refractivity contribution in [3.8, 4) is 17.2 Å². The summed E-state index contributed by atoms with van der Waals surface area (Å²) in [5.41, 5.74) is 1.81. The molecule has 208 valence electrons. The molecule has 0 unspecified atom stereocenters. The van der Waals surface area contributed by atoms with Crippen LogP contribution in [0.3, 0.4) is 0 Å². The Morgan fingerprint density at radius 3 is 2.64 bits per heavy atom. The van der Waals surface area contributed by atoms with Crippen LogP contribution in [0.4, 0.5) is 5.69 Å². The average Bonchev–Trinajstić information content (AvgIpc) is 3.39. The number of benzene rings is 2. The molecule has 0 spiro atoms. The number of anilines is 1. The van der Waals surface area contributed by atoms with Crippen molar-refractivity contribution in [1.29, 1.82) is 0 Å². The second-order valence-corrected chi connectivity index (χ2v) is 10.8. The molecule has 0 radical (unpaired) electrons. The Hall–Kier alpha value is -3.07. The molecule has 8 heteroatoms. The van der Waals surface area contributed by atoms with Crippen molar-refractivity contribution in [2.75, 3.05) is 64.6 Å². The molecule has 3 fully saturated rings. The predicted molar refractivity (Wildman–Crippen MR) is 153 cm³/mol. The monoisotopic (exact) mass is 533 g/mol. The summed E-state index contributed by atoms with van der Waals surface area (Å²) in [6.45, 7) is 7.21. The molecule has 39 heavy (non-hydrogen) atoms. The smallest absolute Gasteiger partial charge is 0.262 e. The lowest BCUT2D eigenvalue weighted by Crippen LogP contribution is -2.41. The molecule has 3 aromatic rings. The van der Waals surface area contributed by atoms with Crippen LogP contribution in [0.5, 0.6) is 11.5 Å². The highest BCUT2D eigenvalue weighted by molar-refractivity contribution is 5.83. The van der Waals surface area contributed by atoms with Gasteiger partial charge in [-0.1, -0.05) is 0 Å². The van der Waals surface area contributed by atoms with Gasteiger partial charge >= 0.3 is 0 Å². The zero-order valence-electron chi connectivity index (χ0n) is 22.8. The first-order chi connectivity index (χ1) is 19.2. The minimum Gasteiger partial charge on any atom is -0.495 e. The lowest BCUT2D eigenvalue weighted by atomic mass is 10.1. The number of rotatable bonds is 7. The maximum Gasteiger partial charge on any atom is 0.262 e. The van der Waals surface area contributed by atoms with Crippen LogP contribution in [-0.4, -0.2) is 81.3 Å². The molecule has 4 heterocycles. The molecule has 0 saturated carbocycles. The van der Waals surface area contributed by atoms with Crippen LogP contribution in [0.25, 0.3) is 16.5 Å². The van der Waals surface area contributed by atoms with Gasteiger partial charge in [0.15, 0.2) is 0 Å². The average molecular weight is 534 g/mol. The van der Waals surface area contributed by atoms with E-state index >= 15 is 0 Å². The first-order valence-corrected chi connectivity index (χ1v) is 14.3. The topological polar surface area (TPSA) is 65.4 Å². The number of hydrogen-bond donors (Lipinski definition) is 0. The van der Waals surface area contributed by atoms with Crippen LogP contribution < -0.4 is 19.9 Å². The quantitative estimate of drug-likeness (QED) is 0.450. The van der Waals surface area contributed by atoms with Crippen molar-refractivity contribution in [1.82, 2.24) is 9.47 Å². The first-order valence-electron chi connectivity index (χ1n) is 14.3. The largest absolute Gasteiger partial charge is 0.495 e. The van der Waals surface area contributed by atoms with Crippen molar-refractivity contribution in [2.24, 2.45) is 0 Å². The Balaban J connectivity index is 1.19. The van der Waals surface area contributed by atoms with E-state index in [0.29, 0.717) is 18.0 Å². The molecule has 8 nitrogen and oxygen atoms in total. The summed E-state index contributed by atoms with van der Waals surface area (Å²) in [6, 6.07) is 14.3. The number of nitrogens with zero attached hydrogens (tertiary/aromatic N) is 3. The standard InChI is InChI=1S/C31H39N3O5/c1-36-30-21-25(5-8-29(30)33-13-3-12-32(15-16-33)24-10-18-37-19-11-24)34-14-9-23-20-26(6-7-28(23)31(34)35)39-22-27-4-2-17-38-27/h5-9,14,20-21,24,27H,2-4,10-13,15-19,22H2,1H3/t27-/m1/s1. The highest BCUT2D eigenvalue weighted by Gasteiger charge is 2.25. The van der Waals surface area contributed by atoms with E-state index in [4.69, 9.17) is 18.9 Å². The van der Waals surface area contributed by atoms with Crippen LogP contribution in [-0.2, 0) is 9.47 Å². The van der Waals surface area contributed by atoms with E-state index in [0.717, 1.165) is 106 Å². The number of methoxy groups -OCH3 is 1. The molecule has 1 aromatic heterocycles. The molecule has 0 aliphatic carbocycles. The van der Waals surface area contributed by atoms with Gasteiger partial charge in [-0.05, 0) is 73.9 Å². The number of pyridine rings is 1. The number of ether oxygens (including phenoxy) is 4. The van der Waals surface area contributed by atoms with Gasteiger partial charge in [0.1, 0.15) is 18.1 Å². The van der Waals surface area contributed by atoms with Crippen molar-refractivity contribution < 1.29 is 18.9 Å². The zero-order chi connectivity index (χ0) is 26.6. The maximum atomic E-state index is 13.5. The van der Waals surface area contributed by atoms with Gasteiger partial charge in [0.05, 0.1) is 24.6 Å². The molecule has 3 aliphatic rings. The van der Waals surface area contributed by atoms with E-state index in [1.807, 2.05) is 42.6 Å². The van der Waals surface area contributed by atoms with E-state index in [9.17, 15) is 4.79 Å². The van der Waals surface area contributed by atoms with E-state index in [2.05, 4.69) is 15.9 Å². The molecule has 3 aliphatic heterocycles. The normalized spacial score (nSPS) is 21.3.